The van der Waals surface area contributed by atoms with Gasteiger partial charge in [0.1, 0.15) is 5.54 Å². The molecule has 3 aromatic carbocycles. The third-order valence-corrected chi connectivity index (χ3v) is 5.67. The van der Waals surface area contributed by atoms with E-state index in [1.54, 1.807) is 6.20 Å². The third kappa shape index (κ3) is 3.44. The molecule has 1 aromatic heterocycles. The molecular formula is C25H22N4O. The Morgan fingerprint density at radius 2 is 1.73 bits per heavy atom. The molecule has 5 nitrogen and oxygen atoms in total. The molecule has 5 rings (SSSR count). The number of benzene rings is 3. The molecule has 5 heteroatoms. The Balaban J connectivity index is 1.50. The van der Waals surface area contributed by atoms with Gasteiger partial charge in [-0.15, -0.1) is 0 Å². The summed E-state index contributed by atoms with van der Waals surface area (Å²) in [5, 5.41) is 8.93. The first-order valence-electron chi connectivity index (χ1n) is 10.1. The Hall–Kier alpha value is -3.57. The van der Waals surface area contributed by atoms with Gasteiger partial charge < -0.3 is 10.6 Å². The van der Waals surface area contributed by atoms with E-state index in [9.17, 15) is 4.79 Å². The summed E-state index contributed by atoms with van der Waals surface area (Å²) >= 11 is 0. The van der Waals surface area contributed by atoms with E-state index in [1.165, 1.54) is 10.8 Å². The first kappa shape index (κ1) is 18.5. The minimum absolute atomic E-state index is 0.112. The molecule has 1 atom stereocenters. The van der Waals surface area contributed by atoms with Crippen molar-refractivity contribution in [3.63, 3.8) is 0 Å². The monoisotopic (exact) mass is 394 g/mol. The maximum absolute atomic E-state index is 12.9. The largest absolute Gasteiger partial charge is 0.338 e. The van der Waals surface area contributed by atoms with Crippen LogP contribution in [0, 0.1) is 0 Å². The van der Waals surface area contributed by atoms with Crippen LogP contribution in [0.2, 0.25) is 0 Å². The molecule has 1 aliphatic heterocycles. The van der Waals surface area contributed by atoms with Crippen LogP contribution in [0.5, 0.6) is 0 Å². The highest BCUT2D eigenvalue weighted by atomic mass is 16.1. The summed E-state index contributed by atoms with van der Waals surface area (Å²) in [7, 11) is 0. The number of amides is 1. The Kier molecular flexibility index (Phi) is 4.73. The maximum Gasteiger partial charge on any atom is 0.252 e. The van der Waals surface area contributed by atoms with Crippen LogP contribution in [-0.4, -0.2) is 29.0 Å². The lowest BCUT2D eigenvalue weighted by Gasteiger charge is -2.28. The van der Waals surface area contributed by atoms with Crippen LogP contribution in [0.1, 0.15) is 22.6 Å². The highest BCUT2D eigenvalue weighted by Gasteiger charge is 2.40. The van der Waals surface area contributed by atoms with Crippen LogP contribution in [0.15, 0.2) is 85.1 Å². The fraction of sp³-hybridized carbons (Fsp3) is 0.160. The zero-order valence-electron chi connectivity index (χ0n) is 16.5. The second-order valence-electron chi connectivity index (χ2n) is 7.66. The number of nitrogens with zero attached hydrogens (tertiary/aromatic N) is 2. The van der Waals surface area contributed by atoms with Crippen LogP contribution >= 0.6 is 0 Å². The highest BCUT2D eigenvalue weighted by molar-refractivity contribution is 5.94. The number of carbonyl (C=O) groups excluding carboxylic acids is 1. The van der Waals surface area contributed by atoms with Crippen LogP contribution in [0.4, 0.5) is 0 Å². The highest BCUT2D eigenvalue weighted by Crippen LogP contribution is 2.29. The zero-order valence-corrected chi connectivity index (χ0v) is 16.5. The van der Waals surface area contributed by atoms with Crippen LogP contribution < -0.4 is 10.6 Å². The number of rotatable bonds is 4. The van der Waals surface area contributed by atoms with Crippen LogP contribution in [0.25, 0.3) is 22.0 Å². The van der Waals surface area contributed by atoms with Gasteiger partial charge in [-0.25, -0.2) is 9.97 Å². The number of nitrogens with one attached hydrogen (secondary N) is 2. The van der Waals surface area contributed by atoms with Gasteiger partial charge in [0.15, 0.2) is 5.82 Å². The molecule has 0 saturated carbocycles. The summed E-state index contributed by atoms with van der Waals surface area (Å²) in [5.41, 5.74) is 1.90. The summed E-state index contributed by atoms with van der Waals surface area (Å²) in [6, 6.07) is 25.8. The molecule has 4 aromatic rings. The Morgan fingerprint density at radius 1 is 0.933 bits per heavy atom. The Labute approximate surface area is 175 Å². The average molecular weight is 394 g/mol. The summed E-state index contributed by atoms with van der Waals surface area (Å²) in [6.07, 6.45) is 2.52. The Bertz CT molecular complexity index is 1200. The molecule has 2 heterocycles. The summed E-state index contributed by atoms with van der Waals surface area (Å²) in [6.45, 7) is 1.41. The lowest BCUT2D eigenvalue weighted by Crippen LogP contribution is -2.48. The van der Waals surface area contributed by atoms with Crippen molar-refractivity contribution in [2.24, 2.45) is 0 Å². The summed E-state index contributed by atoms with van der Waals surface area (Å²) in [4.78, 5) is 22.3. The van der Waals surface area contributed by atoms with E-state index in [0.717, 1.165) is 24.2 Å². The second-order valence-corrected chi connectivity index (χ2v) is 7.66. The van der Waals surface area contributed by atoms with E-state index >= 15 is 0 Å². The van der Waals surface area contributed by atoms with Crippen LogP contribution in [-0.2, 0) is 5.54 Å². The SMILES string of the molecule is O=C(N[C@@]1(c2nccc(-c3ccc4ccccc4c3)n2)CCNC1)c1ccccc1. The van der Waals surface area contributed by atoms with Crippen molar-refractivity contribution in [1.29, 1.82) is 0 Å². The quantitative estimate of drug-likeness (QED) is 0.551. The first-order chi connectivity index (χ1) is 14.7. The molecular weight excluding hydrogens is 372 g/mol. The summed E-state index contributed by atoms with van der Waals surface area (Å²) in [5.74, 6) is 0.529. The first-order valence-corrected chi connectivity index (χ1v) is 10.1. The molecule has 1 amide bonds. The van der Waals surface area contributed by atoms with Crippen molar-refractivity contribution < 1.29 is 4.79 Å². The van der Waals surface area contributed by atoms with Crippen molar-refractivity contribution >= 4 is 16.7 Å². The van der Waals surface area contributed by atoms with Gasteiger partial charge >= 0.3 is 0 Å². The second kappa shape index (κ2) is 7.69. The Morgan fingerprint density at radius 3 is 2.53 bits per heavy atom. The van der Waals surface area contributed by atoms with E-state index in [2.05, 4.69) is 45.9 Å². The number of fused-ring (bicyclic) bond motifs is 1. The molecule has 1 saturated heterocycles. The molecule has 1 fully saturated rings. The van der Waals surface area contributed by atoms with Crippen LogP contribution in [0.3, 0.4) is 0 Å². The van der Waals surface area contributed by atoms with E-state index in [0.29, 0.717) is 17.9 Å². The molecule has 0 bridgehead atoms. The molecule has 0 unspecified atom stereocenters. The normalized spacial score (nSPS) is 18.4. The standard InChI is InChI=1S/C25H22N4O/c30-23(19-7-2-1-3-8-19)29-25(13-15-26-17-25)24-27-14-12-22(28-24)21-11-10-18-6-4-5-9-20(18)16-21/h1-12,14,16,26H,13,15,17H2,(H,29,30)/t25-/m0/s1. The van der Waals surface area contributed by atoms with Gasteiger partial charge in [0.25, 0.3) is 5.91 Å². The summed E-state index contributed by atoms with van der Waals surface area (Å²) < 4.78 is 0. The smallest absolute Gasteiger partial charge is 0.252 e. The van der Waals surface area contributed by atoms with Gasteiger partial charge in [-0.1, -0.05) is 54.6 Å². The van der Waals surface area contributed by atoms with Crippen molar-refractivity contribution in [1.82, 2.24) is 20.6 Å². The number of aromatic nitrogens is 2. The lowest BCUT2D eigenvalue weighted by atomic mass is 9.96. The van der Waals surface area contributed by atoms with Gasteiger partial charge in [-0.3, -0.25) is 4.79 Å². The molecule has 30 heavy (non-hydrogen) atoms. The molecule has 1 aliphatic rings. The van der Waals surface area contributed by atoms with E-state index in [1.807, 2.05) is 48.5 Å². The maximum atomic E-state index is 12.9. The van der Waals surface area contributed by atoms with Crippen molar-refractivity contribution in [2.75, 3.05) is 13.1 Å². The van der Waals surface area contributed by atoms with E-state index < -0.39 is 5.54 Å². The van der Waals surface area contributed by atoms with E-state index in [-0.39, 0.29) is 5.91 Å². The minimum atomic E-state index is -0.625. The van der Waals surface area contributed by atoms with Gasteiger partial charge in [0.2, 0.25) is 0 Å². The number of carbonyl (C=O) groups is 1. The fourth-order valence-electron chi connectivity index (χ4n) is 4.02. The van der Waals surface area contributed by atoms with Gasteiger partial charge in [0.05, 0.1) is 5.69 Å². The zero-order chi connectivity index (χ0) is 20.4. The van der Waals surface area contributed by atoms with Gasteiger partial charge in [0, 0.05) is 23.9 Å². The topological polar surface area (TPSA) is 66.9 Å². The minimum Gasteiger partial charge on any atom is -0.338 e. The predicted octanol–water partition coefficient (Wildman–Crippen LogP) is 3.92. The average Bonchev–Trinajstić information content (AvgIpc) is 3.29. The van der Waals surface area contributed by atoms with Crippen molar-refractivity contribution in [3.05, 3.63) is 96.4 Å². The third-order valence-electron chi connectivity index (χ3n) is 5.67. The molecule has 0 spiro atoms. The fourth-order valence-corrected chi connectivity index (χ4v) is 4.02. The number of hydrogen-bond acceptors (Lipinski definition) is 4. The van der Waals surface area contributed by atoms with E-state index in [4.69, 9.17) is 4.98 Å². The van der Waals surface area contributed by atoms with Crippen molar-refractivity contribution in [3.8, 4) is 11.3 Å². The molecule has 0 aliphatic carbocycles. The molecule has 2 N–H and O–H groups in total. The molecule has 0 radical (unpaired) electrons. The van der Waals surface area contributed by atoms with Gasteiger partial charge in [-0.05, 0) is 48.0 Å². The number of hydrogen-bond donors (Lipinski definition) is 2. The van der Waals surface area contributed by atoms with Gasteiger partial charge in [-0.2, -0.15) is 0 Å². The lowest BCUT2D eigenvalue weighted by molar-refractivity contribution is 0.0900. The van der Waals surface area contributed by atoms with Crippen molar-refractivity contribution in [2.45, 2.75) is 12.0 Å². The molecule has 148 valence electrons. The predicted molar refractivity (Wildman–Crippen MR) is 118 cm³/mol.